The number of unbranched alkanes of at least 4 members (excludes halogenated alkanes) is 2. The van der Waals surface area contributed by atoms with Crippen LogP contribution in [0, 0.1) is 0 Å². The van der Waals surface area contributed by atoms with Gasteiger partial charge in [-0.3, -0.25) is 9.59 Å². The van der Waals surface area contributed by atoms with E-state index in [0.29, 0.717) is 37.4 Å². The first-order valence-electron chi connectivity index (χ1n) is 12.0. The average Bonchev–Trinajstić information content (AvgIpc) is 2.85. The van der Waals surface area contributed by atoms with Crippen molar-refractivity contribution in [2.75, 3.05) is 27.8 Å². The first-order valence-corrected chi connectivity index (χ1v) is 12.0. The lowest BCUT2D eigenvalue weighted by molar-refractivity contribution is -0.137. The Morgan fingerprint density at radius 1 is 0.943 bits per heavy atom. The van der Waals surface area contributed by atoms with E-state index in [4.69, 9.17) is 19.3 Å². The van der Waals surface area contributed by atoms with Crippen LogP contribution in [0.3, 0.4) is 0 Å². The number of nitrogens with zero attached hydrogens (tertiary/aromatic N) is 1. The molecule has 2 rings (SSSR count). The zero-order valence-electron chi connectivity index (χ0n) is 21.0. The molecule has 2 aromatic carbocycles. The highest BCUT2D eigenvalue weighted by molar-refractivity contribution is 5.75. The van der Waals surface area contributed by atoms with Crippen LogP contribution in [0.25, 0.3) is 0 Å². The van der Waals surface area contributed by atoms with Gasteiger partial charge in [0.05, 0.1) is 20.0 Å². The molecule has 0 aromatic heterocycles. The summed E-state index contributed by atoms with van der Waals surface area (Å²) in [5.41, 5.74) is 2.07. The summed E-state index contributed by atoms with van der Waals surface area (Å²) in [4.78, 5) is 24.3. The summed E-state index contributed by atoms with van der Waals surface area (Å²) in [7, 11) is 5.13. The van der Waals surface area contributed by atoms with Gasteiger partial charge in [0.25, 0.3) is 0 Å². The maximum atomic E-state index is 11.7. The number of methoxy groups -OCH3 is 1. The highest BCUT2D eigenvalue weighted by Crippen LogP contribution is 2.26. The molecule has 0 bridgehead atoms. The predicted molar refractivity (Wildman–Crippen MR) is 136 cm³/mol. The topological polar surface area (TPSA) is 85.3 Å². The largest absolute Gasteiger partial charge is 0.497 e. The van der Waals surface area contributed by atoms with Crippen molar-refractivity contribution in [3.8, 4) is 17.2 Å². The number of aryl methyl sites for hydroxylation is 2. The van der Waals surface area contributed by atoms with Crippen molar-refractivity contribution in [3.05, 3.63) is 65.9 Å². The molecule has 0 heterocycles. The number of hydrogen-bond donors (Lipinski definition) is 1. The number of aliphatic carboxylic acids is 1. The van der Waals surface area contributed by atoms with Crippen LogP contribution in [0.1, 0.15) is 49.7 Å². The summed E-state index contributed by atoms with van der Waals surface area (Å²) in [6.07, 6.45) is 9.07. The number of allylic oxidation sites excluding steroid dienone is 1. The van der Waals surface area contributed by atoms with Gasteiger partial charge in [-0.25, -0.2) is 0 Å². The molecule has 0 aliphatic rings. The van der Waals surface area contributed by atoms with Crippen molar-refractivity contribution < 1.29 is 28.9 Å². The first kappa shape index (κ1) is 27.8. The van der Waals surface area contributed by atoms with Crippen LogP contribution in [-0.2, 0) is 22.4 Å². The molecule has 0 atom stereocenters. The van der Waals surface area contributed by atoms with Crippen LogP contribution < -0.4 is 14.2 Å². The van der Waals surface area contributed by atoms with Crippen molar-refractivity contribution >= 4 is 11.9 Å². The van der Waals surface area contributed by atoms with Gasteiger partial charge in [0.15, 0.2) is 0 Å². The molecule has 35 heavy (non-hydrogen) atoms. The fourth-order valence-electron chi connectivity index (χ4n) is 3.41. The number of carboxylic acid groups (broad SMARTS) is 1. The van der Waals surface area contributed by atoms with E-state index >= 15 is 0 Å². The van der Waals surface area contributed by atoms with Crippen LogP contribution in [0.4, 0.5) is 0 Å². The number of carboxylic acids is 1. The first-order chi connectivity index (χ1) is 16.9. The molecular formula is C28H37NO6. The molecule has 2 aromatic rings. The SMILES string of the molecule is COc1ccc(CCCCC=COc2ccc(OCCCC(=O)N(C)C)cc2CCC(=O)O)cc1. The molecule has 0 fully saturated rings. The number of carbonyl (C=O) groups is 2. The normalized spacial score (nSPS) is 10.8. The van der Waals surface area contributed by atoms with Gasteiger partial charge >= 0.3 is 5.97 Å². The van der Waals surface area contributed by atoms with Crippen molar-refractivity contribution in [3.63, 3.8) is 0 Å². The van der Waals surface area contributed by atoms with Gasteiger partial charge in [-0.15, -0.1) is 0 Å². The van der Waals surface area contributed by atoms with E-state index < -0.39 is 5.97 Å². The molecule has 0 saturated heterocycles. The van der Waals surface area contributed by atoms with Gasteiger partial charge in [-0.05, 0) is 86.1 Å². The van der Waals surface area contributed by atoms with Gasteiger partial charge in [-0.2, -0.15) is 0 Å². The highest BCUT2D eigenvalue weighted by atomic mass is 16.5. The summed E-state index contributed by atoms with van der Waals surface area (Å²) in [6.45, 7) is 0.411. The maximum Gasteiger partial charge on any atom is 0.303 e. The fraction of sp³-hybridized carbons (Fsp3) is 0.429. The minimum absolute atomic E-state index is 0.00618. The number of benzene rings is 2. The minimum atomic E-state index is -0.864. The maximum absolute atomic E-state index is 11.7. The van der Waals surface area contributed by atoms with E-state index in [1.807, 2.05) is 24.3 Å². The Morgan fingerprint density at radius 2 is 1.69 bits per heavy atom. The smallest absolute Gasteiger partial charge is 0.303 e. The Kier molecular flexibility index (Phi) is 12.2. The van der Waals surface area contributed by atoms with Gasteiger partial charge in [-0.1, -0.05) is 12.1 Å². The Bertz CT molecular complexity index is 952. The van der Waals surface area contributed by atoms with E-state index in [1.54, 1.807) is 44.5 Å². The van der Waals surface area contributed by atoms with E-state index in [2.05, 4.69) is 12.1 Å². The average molecular weight is 484 g/mol. The summed E-state index contributed by atoms with van der Waals surface area (Å²) < 4.78 is 16.7. The van der Waals surface area contributed by atoms with Gasteiger partial charge in [0.1, 0.15) is 17.2 Å². The van der Waals surface area contributed by atoms with E-state index in [9.17, 15) is 9.59 Å². The van der Waals surface area contributed by atoms with Gasteiger partial charge in [0.2, 0.25) is 5.91 Å². The van der Waals surface area contributed by atoms with E-state index in [-0.39, 0.29) is 12.3 Å². The summed E-state index contributed by atoms with van der Waals surface area (Å²) in [6, 6.07) is 13.6. The standard InChI is InChI=1S/C28H37NO6/c1-29(2)27(30)10-8-20-34-25-16-17-26(23(21-25)13-18-28(31)32)35-19-7-5-4-6-9-22-11-14-24(33-3)15-12-22/h7,11-12,14-17,19,21H,4-6,8-10,13,18,20H2,1-3H3,(H,31,32). The summed E-state index contributed by atoms with van der Waals surface area (Å²) >= 11 is 0. The minimum Gasteiger partial charge on any atom is -0.497 e. The van der Waals surface area contributed by atoms with Crippen molar-refractivity contribution in [2.45, 2.75) is 51.4 Å². The van der Waals surface area contributed by atoms with Crippen LogP contribution in [-0.4, -0.2) is 49.7 Å². The Morgan fingerprint density at radius 3 is 2.37 bits per heavy atom. The second-order valence-electron chi connectivity index (χ2n) is 8.49. The van der Waals surface area contributed by atoms with Crippen molar-refractivity contribution in [2.24, 2.45) is 0 Å². The number of hydrogen-bond acceptors (Lipinski definition) is 5. The fourth-order valence-corrected chi connectivity index (χ4v) is 3.41. The zero-order chi connectivity index (χ0) is 25.5. The van der Waals surface area contributed by atoms with E-state index in [1.165, 1.54) is 5.56 Å². The lowest BCUT2D eigenvalue weighted by Gasteiger charge is -2.13. The Hall–Kier alpha value is -3.48. The van der Waals surface area contributed by atoms with E-state index in [0.717, 1.165) is 37.0 Å². The lowest BCUT2D eigenvalue weighted by Crippen LogP contribution is -2.21. The molecule has 0 radical (unpaired) electrons. The lowest BCUT2D eigenvalue weighted by atomic mass is 10.1. The molecule has 190 valence electrons. The molecule has 0 aliphatic heterocycles. The van der Waals surface area contributed by atoms with Crippen LogP contribution in [0.15, 0.2) is 54.8 Å². The Balaban J connectivity index is 1.80. The molecule has 7 nitrogen and oxygen atoms in total. The Labute approximate surface area is 208 Å². The molecule has 0 unspecified atom stereocenters. The number of ether oxygens (including phenoxy) is 3. The highest BCUT2D eigenvalue weighted by Gasteiger charge is 2.09. The van der Waals surface area contributed by atoms with Crippen molar-refractivity contribution in [1.29, 1.82) is 0 Å². The van der Waals surface area contributed by atoms with Crippen LogP contribution >= 0.6 is 0 Å². The third-order valence-electron chi connectivity index (χ3n) is 5.48. The van der Waals surface area contributed by atoms with Gasteiger partial charge < -0.3 is 24.2 Å². The molecule has 0 saturated carbocycles. The second kappa shape index (κ2) is 15.4. The molecule has 1 N–H and O–H groups in total. The summed E-state index contributed by atoms with van der Waals surface area (Å²) in [5.74, 6) is 1.32. The third-order valence-corrected chi connectivity index (χ3v) is 5.48. The number of amides is 1. The monoisotopic (exact) mass is 483 g/mol. The molecule has 1 amide bonds. The zero-order valence-corrected chi connectivity index (χ0v) is 21.0. The van der Waals surface area contributed by atoms with Crippen LogP contribution in [0.2, 0.25) is 0 Å². The molecule has 7 heteroatoms. The number of carbonyl (C=O) groups excluding carboxylic acids is 1. The molecular weight excluding hydrogens is 446 g/mol. The third kappa shape index (κ3) is 11.0. The summed E-state index contributed by atoms with van der Waals surface area (Å²) in [5, 5.41) is 9.08. The molecule has 0 aliphatic carbocycles. The number of rotatable bonds is 16. The van der Waals surface area contributed by atoms with Crippen LogP contribution in [0.5, 0.6) is 17.2 Å². The van der Waals surface area contributed by atoms with Crippen molar-refractivity contribution in [1.82, 2.24) is 4.90 Å². The second-order valence-corrected chi connectivity index (χ2v) is 8.49. The predicted octanol–water partition coefficient (Wildman–Crippen LogP) is 5.27. The quantitative estimate of drug-likeness (QED) is 0.259. The molecule has 0 spiro atoms. The van der Waals surface area contributed by atoms with Gasteiger partial charge in [0, 0.05) is 26.9 Å².